The van der Waals surface area contributed by atoms with Crippen molar-refractivity contribution in [3.05, 3.63) is 59.9 Å². The number of hydrogen-bond acceptors (Lipinski definition) is 2. The molecule has 0 aliphatic rings. The van der Waals surface area contributed by atoms with E-state index in [0.29, 0.717) is 0 Å². The van der Waals surface area contributed by atoms with Gasteiger partial charge in [0, 0.05) is 28.6 Å². The van der Waals surface area contributed by atoms with E-state index in [9.17, 15) is 0 Å². The second-order valence-electron chi connectivity index (χ2n) is 9.24. The third-order valence-corrected chi connectivity index (χ3v) is 5.22. The van der Waals surface area contributed by atoms with Crippen molar-refractivity contribution in [1.82, 2.24) is 9.97 Å². The van der Waals surface area contributed by atoms with E-state index < -0.39 is 0 Å². The molecule has 0 amide bonds. The quantitative estimate of drug-likeness (QED) is 0.339. The van der Waals surface area contributed by atoms with Crippen molar-refractivity contribution in [1.29, 1.82) is 0 Å². The summed E-state index contributed by atoms with van der Waals surface area (Å²) < 4.78 is 0. The van der Waals surface area contributed by atoms with Crippen LogP contribution in [0, 0.1) is 0 Å². The van der Waals surface area contributed by atoms with Crippen molar-refractivity contribution >= 4 is 32.6 Å². The lowest BCUT2D eigenvalue weighted by Gasteiger charge is -2.23. The first-order valence-corrected chi connectivity index (χ1v) is 9.28. The van der Waals surface area contributed by atoms with Crippen molar-refractivity contribution in [2.45, 2.75) is 52.4 Å². The molecule has 0 spiro atoms. The Hall–Kier alpha value is -2.48. The van der Waals surface area contributed by atoms with E-state index in [1.807, 2.05) is 12.4 Å². The van der Waals surface area contributed by atoms with E-state index in [1.165, 1.54) is 27.3 Å². The molecule has 0 saturated heterocycles. The topological polar surface area (TPSA) is 25.8 Å². The van der Waals surface area contributed by atoms with Crippen LogP contribution in [0.2, 0.25) is 0 Å². The Bertz CT molecular complexity index is 1050. The molecule has 0 bridgehead atoms. The van der Waals surface area contributed by atoms with E-state index >= 15 is 0 Å². The summed E-state index contributed by atoms with van der Waals surface area (Å²) in [7, 11) is 0. The first-order chi connectivity index (χ1) is 12.2. The Kier molecular flexibility index (Phi) is 3.59. The number of fused-ring (bicyclic) bond motifs is 5. The van der Waals surface area contributed by atoms with Crippen molar-refractivity contribution < 1.29 is 0 Å². The van der Waals surface area contributed by atoms with Crippen molar-refractivity contribution in [3.63, 3.8) is 0 Å². The van der Waals surface area contributed by atoms with Crippen LogP contribution < -0.4 is 0 Å². The molecule has 0 fully saturated rings. The highest BCUT2D eigenvalue weighted by Crippen LogP contribution is 2.37. The van der Waals surface area contributed by atoms with Crippen molar-refractivity contribution in [3.8, 4) is 0 Å². The molecule has 2 heteroatoms. The number of rotatable bonds is 0. The summed E-state index contributed by atoms with van der Waals surface area (Å²) in [4.78, 5) is 9.57. The van der Waals surface area contributed by atoms with Crippen LogP contribution in [0.15, 0.2) is 48.8 Å². The first-order valence-electron chi connectivity index (χ1n) is 9.28. The van der Waals surface area contributed by atoms with Crippen LogP contribution in [0.5, 0.6) is 0 Å². The molecule has 0 unspecified atom stereocenters. The van der Waals surface area contributed by atoms with Crippen LogP contribution in [0.3, 0.4) is 0 Å². The summed E-state index contributed by atoms with van der Waals surface area (Å²) in [5, 5.41) is 4.81. The predicted molar refractivity (Wildman–Crippen MR) is 112 cm³/mol. The van der Waals surface area contributed by atoms with E-state index in [1.54, 1.807) is 0 Å². The number of hydrogen-bond donors (Lipinski definition) is 0. The molecule has 132 valence electrons. The standard InChI is InChI=1S/C24H26N2/c1-23(2,3)18-11-13-25-21-16(18)9-7-15-8-10-17-19(24(4,5)6)12-14-26-22(17)20(15)21/h7-14H,1-6H3. The van der Waals surface area contributed by atoms with Gasteiger partial charge in [0.05, 0.1) is 11.0 Å². The van der Waals surface area contributed by atoms with E-state index in [4.69, 9.17) is 9.97 Å². The van der Waals surface area contributed by atoms with Gasteiger partial charge in [-0.25, -0.2) is 0 Å². The fourth-order valence-corrected chi connectivity index (χ4v) is 3.94. The minimum atomic E-state index is 0.0729. The molecule has 0 aliphatic heterocycles. The predicted octanol–water partition coefficient (Wildman–Crippen LogP) is 6.53. The highest BCUT2D eigenvalue weighted by Gasteiger charge is 2.21. The molecule has 2 nitrogen and oxygen atoms in total. The highest BCUT2D eigenvalue weighted by molar-refractivity contribution is 6.18. The van der Waals surface area contributed by atoms with Gasteiger partial charge in [-0.05, 0) is 39.5 Å². The second-order valence-corrected chi connectivity index (χ2v) is 9.24. The van der Waals surface area contributed by atoms with Gasteiger partial charge in [0.2, 0.25) is 0 Å². The lowest BCUT2D eigenvalue weighted by Crippen LogP contribution is -2.12. The molecule has 26 heavy (non-hydrogen) atoms. The van der Waals surface area contributed by atoms with Gasteiger partial charge in [-0.15, -0.1) is 0 Å². The van der Waals surface area contributed by atoms with Gasteiger partial charge < -0.3 is 0 Å². The van der Waals surface area contributed by atoms with Crippen molar-refractivity contribution in [2.75, 3.05) is 0 Å². The fourth-order valence-electron chi connectivity index (χ4n) is 3.94. The Morgan fingerprint density at radius 1 is 0.577 bits per heavy atom. The average Bonchev–Trinajstić information content (AvgIpc) is 2.58. The molecule has 0 saturated carbocycles. The zero-order chi connectivity index (χ0) is 18.7. The number of benzene rings is 2. The third-order valence-electron chi connectivity index (χ3n) is 5.22. The summed E-state index contributed by atoms with van der Waals surface area (Å²) in [6, 6.07) is 13.1. The average molecular weight is 342 g/mol. The number of nitrogens with zero attached hydrogens (tertiary/aromatic N) is 2. The second kappa shape index (κ2) is 5.51. The van der Waals surface area contributed by atoms with Crippen LogP contribution in [-0.2, 0) is 10.8 Å². The smallest absolute Gasteiger partial charge is 0.0805 e. The molecular formula is C24H26N2. The Labute approximate surface area is 155 Å². The summed E-state index contributed by atoms with van der Waals surface area (Å²) in [6.45, 7) is 13.5. The Balaban J connectivity index is 2.22. The minimum absolute atomic E-state index is 0.0729. The lowest BCUT2D eigenvalue weighted by atomic mass is 9.83. The third kappa shape index (κ3) is 2.56. The molecule has 2 aromatic heterocycles. The summed E-state index contributed by atoms with van der Waals surface area (Å²) in [6.07, 6.45) is 3.88. The Morgan fingerprint density at radius 2 is 1.00 bits per heavy atom. The molecule has 0 atom stereocenters. The molecule has 0 N–H and O–H groups in total. The Morgan fingerprint density at radius 3 is 1.38 bits per heavy atom. The largest absolute Gasteiger partial charge is 0.256 e. The SMILES string of the molecule is CC(C)(C)c1ccnc2c1ccc1ccc3c(C(C)(C)C)ccnc3c12. The zero-order valence-electron chi connectivity index (χ0n) is 16.5. The number of pyridine rings is 2. The highest BCUT2D eigenvalue weighted by atomic mass is 14.7. The van der Waals surface area contributed by atoms with Crippen molar-refractivity contribution in [2.24, 2.45) is 0 Å². The summed E-state index contributed by atoms with van der Waals surface area (Å²) in [5.41, 5.74) is 4.91. The summed E-state index contributed by atoms with van der Waals surface area (Å²) in [5.74, 6) is 0. The molecule has 2 aromatic carbocycles. The molecular weight excluding hydrogens is 316 g/mol. The fraction of sp³-hybridized carbons (Fsp3) is 0.333. The minimum Gasteiger partial charge on any atom is -0.256 e. The molecule has 0 aliphatic carbocycles. The van der Waals surface area contributed by atoms with Crippen LogP contribution in [0.1, 0.15) is 52.7 Å². The van der Waals surface area contributed by atoms with Gasteiger partial charge in [0.25, 0.3) is 0 Å². The van der Waals surface area contributed by atoms with Gasteiger partial charge in [-0.2, -0.15) is 0 Å². The van der Waals surface area contributed by atoms with Crippen LogP contribution in [0.4, 0.5) is 0 Å². The van der Waals surface area contributed by atoms with E-state index in [0.717, 1.165) is 16.4 Å². The molecule has 4 rings (SSSR count). The molecule has 4 aromatic rings. The maximum Gasteiger partial charge on any atom is 0.0805 e. The van der Waals surface area contributed by atoms with E-state index in [2.05, 4.69) is 77.9 Å². The van der Waals surface area contributed by atoms with E-state index in [-0.39, 0.29) is 10.8 Å². The maximum atomic E-state index is 4.79. The van der Waals surface area contributed by atoms with Gasteiger partial charge in [0.15, 0.2) is 0 Å². The van der Waals surface area contributed by atoms with Crippen LogP contribution in [0.25, 0.3) is 32.6 Å². The molecule has 0 radical (unpaired) electrons. The van der Waals surface area contributed by atoms with Gasteiger partial charge in [-0.3, -0.25) is 9.97 Å². The van der Waals surface area contributed by atoms with Gasteiger partial charge in [-0.1, -0.05) is 65.8 Å². The van der Waals surface area contributed by atoms with Gasteiger partial charge >= 0.3 is 0 Å². The van der Waals surface area contributed by atoms with Gasteiger partial charge in [0.1, 0.15) is 0 Å². The van der Waals surface area contributed by atoms with Crippen LogP contribution >= 0.6 is 0 Å². The zero-order valence-corrected chi connectivity index (χ0v) is 16.5. The number of aromatic nitrogens is 2. The first kappa shape index (κ1) is 17.0. The summed E-state index contributed by atoms with van der Waals surface area (Å²) >= 11 is 0. The lowest BCUT2D eigenvalue weighted by molar-refractivity contribution is 0.595. The van der Waals surface area contributed by atoms with Crippen LogP contribution in [-0.4, -0.2) is 9.97 Å². The monoisotopic (exact) mass is 342 g/mol. The maximum absolute atomic E-state index is 4.79. The molecule has 2 heterocycles. The normalized spacial score (nSPS) is 13.0.